The van der Waals surface area contributed by atoms with Crippen LogP contribution in [0.4, 0.5) is 4.79 Å². The molecule has 6 heteroatoms. The van der Waals surface area contributed by atoms with Crippen molar-refractivity contribution in [2.24, 2.45) is 5.92 Å². The lowest BCUT2D eigenvalue weighted by Gasteiger charge is -2.52. The standard InChI is InChI=1S/C14H24N2O4/c1-9(2)16-8-14(20-11(4)12(16)17)5-6-15(13(18)19)7-10(14)3/h9-11H,5-8H2,1-4H3,(H,18,19). The van der Waals surface area contributed by atoms with E-state index in [0.29, 0.717) is 26.1 Å². The monoisotopic (exact) mass is 284 g/mol. The third-order valence-electron chi connectivity index (χ3n) is 4.57. The number of nitrogens with zero attached hydrogens (tertiary/aromatic N) is 2. The van der Waals surface area contributed by atoms with E-state index in [0.717, 1.165) is 0 Å². The number of piperidine rings is 1. The van der Waals surface area contributed by atoms with Gasteiger partial charge in [-0.3, -0.25) is 4.79 Å². The average molecular weight is 284 g/mol. The second-order valence-electron chi connectivity index (χ2n) is 6.26. The maximum Gasteiger partial charge on any atom is 0.407 e. The van der Waals surface area contributed by atoms with Crippen LogP contribution in [0.15, 0.2) is 0 Å². The molecule has 0 aliphatic carbocycles. The largest absolute Gasteiger partial charge is 0.465 e. The Morgan fingerprint density at radius 1 is 1.45 bits per heavy atom. The van der Waals surface area contributed by atoms with Crippen LogP contribution in [0, 0.1) is 5.92 Å². The van der Waals surface area contributed by atoms with Crippen molar-refractivity contribution in [3.63, 3.8) is 0 Å². The summed E-state index contributed by atoms with van der Waals surface area (Å²) >= 11 is 0. The highest BCUT2D eigenvalue weighted by Crippen LogP contribution is 2.37. The van der Waals surface area contributed by atoms with Crippen molar-refractivity contribution >= 4 is 12.0 Å². The van der Waals surface area contributed by atoms with Crippen molar-refractivity contribution < 1.29 is 19.4 Å². The summed E-state index contributed by atoms with van der Waals surface area (Å²) in [4.78, 5) is 26.5. The molecule has 2 aliphatic heterocycles. The Kier molecular flexibility index (Phi) is 3.95. The van der Waals surface area contributed by atoms with Gasteiger partial charge in [0.1, 0.15) is 6.10 Å². The van der Waals surface area contributed by atoms with Crippen LogP contribution in [0.1, 0.15) is 34.1 Å². The zero-order valence-corrected chi connectivity index (χ0v) is 12.6. The molecule has 2 fully saturated rings. The summed E-state index contributed by atoms with van der Waals surface area (Å²) in [6, 6.07) is 0.135. The van der Waals surface area contributed by atoms with Gasteiger partial charge in [0, 0.05) is 25.0 Å². The predicted molar refractivity (Wildman–Crippen MR) is 73.5 cm³/mol. The van der Waals surface area contributed by atoms with Crippen LogP contribution in [0.2, 0.25) is 0 Å². The van der Waals surface area contributed by atoms with Crippen LogP contribution < -0.4 is 0 Å². The fourth-order valence-electron chi connectivity index (χ4n) is 3.22. The van der Waals surface area contributed by atoms with Crippen LogP contribution >= 0.6 is 0 Å². The zero-order valence-electron chi connectivity index (χ0n) is 12.6. The summed E-state index contributed by atoms with van der Waals surface area (Å²) in [5, 5.41) is 9.10. The topological polar surface area (TPSA) is 70.1 Å². The second kappa shape index (κ2) is 5.24. The molecule has 2 amide bonds. The fraction of sp³-hybridized carbons (Fsp3) is 0.857. The highest BCUT2D eigenvalue weighted by atomic mass is 16.5. The number of likely N-dealkylation sites (tertiary alicyclic amines) is 1. The molecule has 0 aromatic heterocycles. The van der Waals surface area contributed by atoms with Gasteiger partial charge >= 0.3 is 6.09 Å². The number of carboxylic acid groups (broad SMARTS) is 1. The molecule has 0 bridgehead atoms. The van der Waals surface area contributed by atoms with Crippen LogP contribution in [0.5, 0.6) is 0 Å². The maximum absolute atomic E-state index is 12.2. The van der Waals surface area contributed by atoms with E-state index < -0.39 is 17.8 Å². The Hall–Kier alpha value is -1.30. The summed E-state index contributed by atoms with van der Waals surface area (Å²) in [6.45, 7) is 9.28. The van der Waals surface area contributed by atoms with Gasteiger partial charge in [-0.2, -0.15) is 0 Å². The summed E-state index contributed by atoms with van der Waals surface area (Å²) in [5.74, 6) is 0.0997. The van der Waals surface area contributed by atoms with Crippen LogP contribution in [0.25, 0.3) is 0 Å². The van der Waals surface area contributed by atoms with E-state index in [4.69, 9.17) is 9.84 Å². The minimum absolute atomic E-state index is 0.0264. The first-order valence-corrected chi connectivity index (χ1v) is 7.23. The van der Waals surface area contributed by atoms with Crippen molar-refractivity contribution in [1.29, 1.82) is 0 Å². The van der Waals surface area contributed by atoms with E-state index >= 15 is 0 Å². The lowest BCUT2D eigenvalue weighted by atomic mass is 9.80. The molecule has 2 saturated heterocycles. The molecule has 6 nitrogen and oxygen atoms in total. The number of hydrogen-bond acceptors (Lipinski definition) is 3. The van der Waals surface area contributed by atoms with Gasteiger partial charge in [0.25, 0.3) is 5.91 Å². The Bertz CT molecular complexity index is 412. The second-order valence-corrected chi connectivity index (χ2v) is 6.26. The van der Waals surface area contributed by atoms with Gasteiger partial charge in [0.2, 0.25) is 0 Å². The highest BCUT2D eigenvalue weighted by Gasteiger charge is 2.50. The molecule has 1 spiro atoms. The summed E-state index contributed by atoms with van der Waals surface area (Å²) < 4.78 is 6.04. The van der Waals surface area contributed by atoms with Crippen molar-refractivity contribution in [1.82, 2.24) is 9.80 Å². The molecule has 114 valence electrons. The van der Waals surface area contributed by atoms with Crippen LogP contribution in [0.3, 0.4) is 0 Å². The van der Waals surface area contributed by atoms with Gasteiger partial charge in [-0.15, -0.1) is 0 Å². The molecule has 0 aromatic carbocycles. The molecule has 1 N–H and O–H groups in total. The van der Waals surface area contributed by atoms with Gasteiger partial charge < -0.3 is 19.6 Å². The van der Waals surface area contributed by atoms with E-state index in [9.17, 15) is 9.59 Å². The Morgan fingerprint density at radius 3 is 2.60 bits per heavy atom. The summed E-state index contributed by atoms with van der Waals surface area (Å²) in [7, 11) is 0. The van der Waals surface area contributed by atoms with Crippen molar-refractivity contribution in [2.75, 3.05) is 19.6 Å². The molecular weight excluding hydrogens is 260 g/mol. The highest BCUT2D eigenvalue weighted by molar-refractivity contribution is 5.81. The summed E-state index contributed by atoms with van der Waals surface area (Å²) in [6.07, 6.45) is -0.696. The number of amides is 2. The van der Waals surface area contributed by atoms with Crippen molar-refractivity contribution in [2.45, 2.75) is 51.9 Å². The molecule has 20 heavy (non-hydrogen) atoms. The van der Waals surface area contributed by atoms with Gasteiger partial charge in [-0.25, -0.2) is 4.79 Å². The van der Waals surface area contributed by atoms with Crippen molar-refractivity contribution in [3.05, 3.63) is 0 Å². The molecule has 0 saturated carbocycles. The predicted octanol–water partition coefficient (Wildman–Crippen LogP) is 1.40. The van der Waals surface area contributed by atoms with Crippen LogP contribution in [-0.2, 0) is 9.53 Å². The Labute approximate surface area is 119 Å². The molecule has 3 atom stereocenters. The lowest BCUT2D eigenvalue weighted by molar-refractivity contribution is -0.204. The van der Waals surface area contributed by atoms with E-state index in [1.807, 2.05) is 25.7 Å². The molecule has 2 aliphatic rings. The molecule has 0 radical (unpaired) electrons. The molecule has 3 unspecified atom stereocenters. The minimum atomic E-state index is -0.882. The van der Waals surface area contributed by atoms with E-state index in [-0.39, 0.29) is 17.9 Å². The number of carbonyl (C=O) groups is 2. The van der Waals surface area contributed by atoms with Crippen LogP contribution in [-0.4, -0.2) is 64.3 Å². The van der Waals surface area contributed by atoms with Gasteiger partial charge in [-0.05, 0) is 27.2 Å². The number of rotatable bonds is 1. The number of ether oxygens (including phenoxy) is 1. The SMILES string of the molecule is CC1OC2(CCN(C(=O)O)CC2C)CN(C(C)C)C1=O. The van der Waals surface area contributed by atoms with E-state index in [2.05, 4.69) is 0 Å². The molecule has 2 rings (SSSR count). The number of morpholine rings is 1. The van der Waals surface area contributed by atoms with Gasteiger partial charge in [-0.1, -0.05) is 6.92 Å². The normalized spacial score (nSPS) is 35.0. The average Bonchev–Trinajstić information content (AvgIpc) is 2.36. The third kappa shape index (κ3) is 2.49. The van der Waals surface area contributed by atoms with E-state index in [1.165, 1.54) is 4.90 Å². The number of hydrogen-bond donors (Lipinski definition) is 1. The third-order valence-corrected chi connectivity index (χ3v) is 4.57. The molecule has 0 aromatic rings. The first-order valence-electron chi connectivity index (χ1n) is 7.23. The van der Waals surface area contributed by atoms with Gasteiger partial charge in [0.05, 0.1) is 12.1 Å². The number of carbonyl (C=O) groups excluding carboxylic acids is 1. The van der Waals surface area contributed by atoms with E-state index in [1.54, 1.807) is 6.92 Å². The first kappa shape index (κ1) is 15.1. The van der Waals surface area contributed by atoms with Gasteiger partial charge in [0.15, 0.2) is 0 Å². The molecule has 2 heterocycles. The zero-order chi connectivity index (χ0) is 15.1. The fourth-order valence-corrected chi connectivity index (χ4v) is 3.22. The summed E-state index contributed by atoms with van der Waals surface area (Å²) in [5.41, 5.74) is -0.413. The quantitative estimate of drug-likeness (QED) is 0.790. The maximum atomic E-state index is 12.2. The Morgan fingerprint density at radius 2 is 2.10 bits per heavy atom. The smallest absolute Gasteiger partial charge is 0.407 e. The minimum Gasteiger partial charge on any atom is -0.465 e. The van der Waals surface area contributed by atoms with Crippen molar-refractivity contribution in [3.8, 4) is 0 Å². The first-order chi connectivity index (χ1) is 9.27. The lowest BCUT2D eigenvalue weighted by Crippen LogP contribution is -2.66. The molecular formula is C14H24N2O4. The Balaban J connectivity index is 2.18.